The van der Waals surface area contributed by atoms with Crippen molar-refractivity contribution in [1.29, 1.82) is 0 Å². The maximum Gasteiger partial charge on any atom is 0.446 e. The van der Waals surface area contributed by atoms with Crippen molar-refractivity contribution in [2.24, 2.45) is 0 Å². The number of rotatable bonds is 2. The first-order valence-electron chi connectivity index (χ1n) is 4.57. The Hall–Kier alpha value is -1.84. The minimum Gasteiger partial charge on any atom is -0.357 e. The molecule has 0 aliphatic carbocycles. The molecule has 0 spiro atoms. The van der Waals surface area contributed by atoms with Crippen LogP contribution in [0.25, 0.3) is 0 Å². The second-order valence-electron chi connectivity index (χ2n) is 3.40. The maximum absolute atomic E-state index is 12.3. The molecule has 1 rings (SSSR count). The lowest BCUT2D eigenvalue weighted by molar-refractivity contribution is -0.375. The second-order valence-corrected chi connectivity index (χ2v) is 3.40. The van der Waals surface area contributed by atoms with Crippen molar-refractivity contribution in [3.8, 4) is 0 Å². The zero-order valence-corrected chi connectivity index (χ0v) is 8.88. The van der Waals surface area contributed by atoms with Gasteiger partial charge in [0.25, 0.3) is 5.91 Å². The molecule has 1 amide bonds. The molecule has 1 aromatic rings. The zero-order chi connectivity index (χ0) is 14.9. The van der Waals surface area contributed by atoms with E-state index in [0.717, 1.165) is 24.5 Å². The van der Waals surface area contributed by atoms with Crippen molar-refractivity contribution < 1.29 is 36.2 Å². The van der Waals surface area contributed by atoms with Gasteiger partial charge in [-0.3, -0.25) is 9.78 Å². The normalized spacial score (nSPS) is 13.2. The van der Waals surface area contributed by atoms with Gasteiger partial charge in [-0.15, -0.1) is 0 Å². The first-order valence-corrected chi connectivity index (χ1v) is 4.57. The van der Waals surface area contributed by atoms with E-state index in [-0.39, 0.29) is 0 Å². The molecule has 0 aromatic carbocycles. The molecule has 10 heteroatoms. The Morgan fingerprint density at radius 2 is 1.68 bits per heavy atom. The zero-order valence-electron chi connectivity index (χ0n) is 8.88. The van der Waals surface area contributed by atoms with E-state index in [1.165, 1.54) is 0 Å². The lowest BCUT2D eigenvalue weighted by atomic mass is 10.1. The molecule has 0 aliphatic heterocycles. The molecule has 0 fully saturated rings. The van der Waals surface area contributed by atoms with Crippen LogP contribution in [-0.4, -0.2) is 34.1 Å². The molecule has 4 nitrogen and oxygen atoms in total. The average Bonchev–Trinajstić information content (AvgIpc) is 2.27. The van der Waals surface area contributed by atoms with Gasteiger partial charge in [0.05, 0.1) is 5.56 Å². The Morgan fingerprint density at radius 3 is 2.05 bits per heavy atom. The van der Waals surface area contributed by atoms with E-state index in [0.29, 0.717) is 5.32 Å². The van der Waals surface area contributed by atoms with Gasteiger partial charge in [0.15, 0.2) is 0 Å². The molecular formula is C9H6F6N2O2. The summed E-state index contributed by atoms with van der Waals surface area (Å²) in [6, 6.07) is 2.07. The molecule has 1 heterocycles. The molecular weight excluding hydrogens is 282 g/mol. The van der Waals surface area contributed by atoms with E-state index >= 15 is 0 Å². The molecule has 19 heavy (non-hydrogen) atoms. The highest BCUT2D eigenvalue weighted by Gasteiger charge is 2.71. The summed E-state index contributed by atoms with van der Waals surface area (Å²) < 4.78 is 73.7. The minimum absolute atomic E-state index is 0.516. The van der Waals surface area contributed by atoms with Crippen LogP contribution in [0.15, 0.2) is 24.5 Å². The van der Waals surface area contributed by atoms with E-state index < -0.39 is 29.5 Å². The van der Waals surface area contributed by atoms with E-state index in [4.69, 9.17) is 5.11 Å². The molecule has 0 bridgehead atoms. The Kier molecular flexibility index (Phi) is 3.75. The molecule has 2 N–H and O–H groups in total. The summed E-state index contributed by atoms with van der Waals surface area (Å²) in [6.45, 7) is 0. The van der Waals surface area contributed by atoms with Crippen LogP contribution in [0.3, 0.4) is 0 Å². The van der Waals surface area contributed by atoms with Crippen molar-refractivity contribution in [1.82, 2.24) is 10.3 Å². The summed E-state index contributed by atoms with van der Waals surface area (Å²) in [5.74, 6) is -1.76. The van der Waals surface area contributed by atoms with Crippen molar-refractivity contribution >= 4 is 5.91 Å². The maximum atomic E-state index is 12.3. The summed E-state index contributed by atoms with van der Waals surface area (Å²) in [7, 11) is 0. The predicted octanol–water partition coefficient (Wildman–Crippen LogP) is 1.62. The molecule has 0 saturated heterocycles. The highest BCUT2D eigenvalue weighted by atomic mass is 19.4. The van der Waals surface area contributed by atoms with Crippen LogP contribution in [0.1, 0.15) is 10.4 Å². The summed E-state index contributed by atoms with van der Waals surface area (Å²) in [5, 5.41) is 9.23. The SMILES string of the molecule is O=C(NC(O)(C(F)(F)F)C(F)(F)F)c1cccnc1. The fraction of sp³-hybridized carbons (Fsp3) is 0.333. The van der Waals surface area contributed by atoms with Gasteiger partial charge in [0, 0.05) is 12.4 Å². The van der Waals surface area contributed by atoms with Crippen molar-refractivity contribution in [3.63, 3.8) is 0 Å². The molecule has 1 aromatic heterocycles. The summed E-state index contributed by atoms with van der Waals surface area (Å²) in [5.41, 5.74) is -5.89. The third-order valence-electron chi connectivity index (χ3n) is 2.04. The summed E-state index contributed by atoms with van der Waals surface area (Å²) in [4.78, 5) is 14.6. The number of aromatic nitrogens is 1. The highest BCUT2D eigenvalue weighted by Crippen LogP contribution is 2.41. The first-order chi connectivity index (χ1) is 8.49. The van der Waals surface area contributed by atoms with Crippen molar-refractivity contribution in [2.75, 3.05) is 0 Å². The van der Waals surface area contributed by atoms with Gasteiger partial charge >= 0.3 is 18.1 Å². The van der Waals surface area contributed by atoms with E-state index in [9.17, 15) is 31.1 Å². The topological polar surface area (TPSA) is 62.2 Å². The molecule has 0 atom stereocenters. The monoisotopic (exact) mass is 288 g/mol. The third kappa shape index (κ3) is 2.95. The lowest BCUT2D eigenvalue weighted by Gasteiger charge is -2.32. The van der Waals surface area contributed by atoms with Gasteiger partial charge in [-0.1, -0.05) is 0 Å². The Morgan fingerprint density at radius 1 is 1.16 bits per heavy atom. The Bertz CT molecular complexity index is 442. The predicted molar refractivity (Wildman–Crippen MR) is 48.8 cm³/mol. The van der Waals surface area contributed by atoms with Crippen LogP contribution in [-0.2, 0) is 0 Å². The van der Waals surface area contributed by atoms with Gasteiger partial charge in [0.1, 0.15) is 0 Å². The number of nitrogens with one attached hydrogen (secondary N) is 1. The van der Waals surface area contributed by atoms with E-state index in [1.54, 1.807) is 0 Å². The smallest absolute Gasteiger partial charge is 0.357 e. The Labute approximate surface area is 102 Å². The largest absolute Gasteiger partial charge is 0.446 e. The van der Waals surface area contributed by atoms with Crippen LogP contribution < -0.4 is 5.32 Å². The number of nitrogens with zero attached hydrogens (tertiary/aromatic N) is 1. The molecule has 0 aliphatic rings. The number of pyridine rings is 1. The standard InChI is InChI=1S/C9H6F6N2O2/c10-8(11,12)7(19,9(13,14)15)17-6(18)5-2-1-3-16-4-5/h1-4,19H,(H,17,18). The van der Waals surface area contributed by atoms with Crippen LogP contribution in [0.4, 0.5) is 26.3 Å². The number of carbonyl (C=O) groups excluding carboxylic acids is 1. The number of carbonyl (C=O) groups is 1. The Balaban J connectivity index is 3.08. The molecule has 0 unspecified atom stereocenters. The quantitative estimate of drug-likeness (QED) is 0.642. The van der Waals surface area contributed by atoms with Gasteiger partial charge in [-0.05, 0) is 12.1 Å². The highest BCUT2D eigenvalue weighted by molar-refractivity contribution is 5.94. The van der Waals surface area contributed by atoms with E-state index in [2.05, 4.69) is 4.98 Å². The molecule has 0 radical (unpaired) electrons. The summed E-state index contributed by atoms with van der Waals surface area (Å²) in [6.07, 6.45) is -10.3. The number of halogens is 6. The first kappa shape index (κ1) is 15.2. The second kappa shape index (κ2) is 4.68. The van der Waals surface area contributed by atoms with Crippen LogP contribution >= 0.6 is 0 Å². The minimum atomic E-state index is -6.12. The number of aliphatic hydroxyl groups is 1. The molecule has 0 saturated carbocycles. The van der Waals surface area contributed by atoms with Crippen LogP contribution in [0.2, 0.25) is 0 Å². The van der Waals surface area contributed by atoms with Gasteiger partial charge in [-0.2, -0.15) is 26.3 Å². The summed E-state index contributed by atoms with van der Waals surface area (Å²) >= 11 is 0. The number of hydrogen-bond acceptors (Lipinski definition) is 3. The van der Waals surface area contributed by atoms with Crippen LogP contribution in [0.5, 0.6) is 0 Å². The number of alkyl halides is 6. The van der Waals surface area contributed by atoms with Gasteiger partial charge < -0.3 is 10.4 Å². The molecule has 106 valence electrons. The van der Waals surface area contributed by atoms with Crippen molar-refractivity contribution in [2.45, 2.75) is 18.1 Å². The van der Waals surface area contributed by atoms with E-state index in [1.807, 2.05) is 0 Å². The fourth-order valence-corrected chi connectivity index (χ4v) is 1.04. The lowest BCUT2D eigenvalue weighted by Crippen LogP contribution is -2.67. The van der Waals surface area contributed by atoms with Gasteiger partial charge in [-0.25, -0.2) is 0 Å². The fourth-order valence-electron chi connectivity index (χ4n) is 1.04. The van der Waals surface area contributed by atoms with Crippen molar-refractivity contribution in [3.05, 3.63) is 30.1 Å². The number of amides is 1. The third-order valence-corrected chi connectivity index (χ3v) is 2.04. The average molecular weight is 288 g/mol. The number of hydrogen-bond donors (Lipinski definition) is 2. The van der Waals surface area contributed by atoms with Crippen LogP contribution in [0, 0.1) is 0 Å². The van der Waals surface area contributed by atoms with Gasteiger partial charge in [0.2, 0.25) is 0 Å².